The summed E-state index contributed by atoms with van der Waals surface area (Å²) in [6.07, 6.45) is 1.54. The summed E-state index contributed by atoms with van der Waals surface area (Å²) in [7, 11) is 0.0143. The van der Waals surface area contributed by atoms with Crippen LogP contribution in [0.1, 0.15) is 24.4 Å². The number of nitrogens with zero attached hydrogens (tertiary/aromatic N) is 6. The largest absolute Gasteiger partial charge is 0.494 e. The number of nitrogens with one attached hydrogen (secondary N) is 1. The maximum absolute atomic E-state index is 11.8. The summed E-state index contributed by atoms with van der Waals surface area (Å²) >= 11 is 6.60. The quantitative estimate of drug-likeness (QED) is 0.235. The predicted octanol–water partition coefficient (Wildman–Crippen LogP) is 3.55. The maximum Gasteiger partial charge on any atom is 0.213 e. The van der Waals surface area contributed by atoms with E-state index in [1.807, 2.05) is 6.92 Å². The van der Waals surface area contributed by atoms with E-state index in [2.05, 4.69) is 19.7 Å². The second-order valence-electron chi connectivity index (χ2n) is 8.20. The lowest BCUT2D eigenvalue weighted by molar-refractivity contribution is 0.327. The van der Waals surface area contributed by atoms with Crippen molar-refractivity contribution in [2.45, 2.75) is 13.0 Å². The number of halogens is 1. The van der Waals surface area contributed by atoms with Crippen LogP contribution in [0, 0.1) is 0 Å². The molecule has 0 bridgehead atoms. The van der Waals surface area contributed by atoms with Gasteiger partial charge in [-0.15, -0.1) is 0 Å². The number of benzene rings is 1. The minimum atomic E-state index is -3.05. The number of ether oxygens (including phenoxy) is 3. The number of methoxy groups -OCH3 is 2. The second kappa shape index (κ2) is 11.8. The standard InChI is InChI=1S/C26H24ClN7O5S/c1-4-39-19-13-7-10-16(29-19)25-32-24-26(34(25)22-17(37-2)11-8-12-18(22)38-3)30-21(23(27)31-24)20(33-40(35)36)15-9-5-6-14-28-15/h5-14,20,40H,4H2,1-3H3,(H,33,35,36). The van der Waals surface area contributed by atoms with Gasteiger partial charge in [0.2, 0.25) is 16.8 Å². The molecule has 0 spiro atoms. The lowest BCUT2D eigenvalue weighted by Crippen LogP contribution is -2.23. The van der Waals surface area contributed by atoms with Crippen molar-refractivity contribution < 1.29 is 22.6 Å². The monoisotopic (exact) mass is 581 g/mol. The zero-order chi connectivity index (χ0) is 28.2. The van der Waals surface area contributed by atoms with Gasteiger partial charge in [-0.3, -0.25) is 9.55 Å². The van der Waals surface area contributed by atoms with Gasteiger partial charge in [-0.05, 0) is 37.3 Å². The molecular formula is C26H24ClN7O5S. The van der Waals surface area contributed by atoms with E-state index in [1.165, 1.54) is 14.2 Å². The smallest absolute Gasteiger partial charge is 0.213 e. The van der Waals surface area contributed by atoms with Crippen LogP contribution in [-0.4, -0.2) is 58.7 Å². The van der Waals surface area contributed by atoms with E-state index < -0.39 is 16.9 Å². The number of para-hydroxylation sites is 1. The molecule has 4 aromatic heterocycles. The fourth-order valence-corrected chi connectivity index (χ4v) is 4.89. The van der Waals surface area contributed by atoms with Crippen LogP contribution >= 0.6 is 11.6 Å². The van der Waals surface area contributed by atoms with Crippen molar-refractivity contribution in [2.24, 2.45) is 0 Å². The molecule has 0 saturated heterocycles. The Morgan fingerprint density at radius 1 is 0.950 bits per heavy atom. The molecule has 0 amide bonds. The highest BCUT2D eigenvalue weighted by Gasteiger charge is 2.28. The molecule has 0 saturated carbocycles. The lowest BCUT2D eigenvalue weighted by Gasteiger charge is -2.18. The van der Waals surface area contributed by atoms with E-state index >= 15 is 0 Å². The Kier molecular flexibility index (Phi) is 8.05. The molecule has 1 aromatic carbocycles. The van der Waals surface area contributed by atoms with Crippen LogP contribution in [0.3, 0.4) is 0 Å². The molecule has 0 aliphatic carbocycles. The summed E-state index contributed by atoms with van der Waals surface area (Å²) in [4.78, 5) is 22.9. The molecule has 1 N–H and O–H groups in total. The highest BCUT2D eigenvalue weighted by Crippen LogP contribution is 2.39. The topological polar surface area (TPSA) is 143 Å². The zero-order valence-corrected chi connectivity index (χ0v) is 23.3. The van der Waals surface area contributed by atoms with Crippen LogP contribution < -0.4 is 18.9 Å². The maximum atomic E-state index is 11.8. The third-order valence-electron chi connectivity index (χ3n) is 5.84. The van der Waals surface area contributed by atoms with Crippen LogP contribution in [0.25, 0.3) is 28.5 Å². The van der Waals surface area contributed by atoms with Crippen LogP contribution in [0.5, 0.6) is 17.4 Å². The van der Waals surface area contributed by atoms with E-state index in [0.717, 1.165) is 0 Å². The van der Waals surface area contributed by atoms with Gasteiger partial charge in [0.25, 0.3) is 0 Å². The van der Waals surface area contributed by atoms with Crippen LogP contribution in [0.4, 0.5) is 0 Å². The molecule has 1 atom stereocenters. The third kappa shape index (κ3) is 5.26. The van der Waals surface area contributed by atoms with Gasteiger partial charge in [0.15, 0.2) is 22.3 Å². The first kappa shape index (κ1) is 27.2. The van der Waals surface area contributed by atoms with E-state index in [0.29, 0.717) is 46.9 Å². The average Bonchev–Trinajstić information content (AvgIpc) is 3.33. The summed E-state index contributed by atoms with van der Waals surface area (Å²) in [6.45, 7) is 2.29. The number of pyridine rings is 2. The zero-order valence-electron chi connectivity index (χ0n) is 21.6. The Labute approximate surface area is 236 Å². The van der Waals surface area contributed by atoms with E-state index in [-0.39, 0.29) is 22.1 Å². The van der Waals surface area contributed by atoms with Crippen molar-refractivity contribution in [3.8, 4) is 34.6 Å². The van der Waals surface area contributed by atoms with Crippen LogP contribution in [0.2, 0.25) is 5.15 Å². The Hall–Kier alpha value is -4.33. The predicted molar refractivity (Wildman–Crippen MR) is 149 cm³/mol. The fraction of sp³-hybridized carbons (Fsp3) is 0.192. The summed E-state index contributed by atoms with van der Waals surface area (Å²) in [5.74, 6) is 1.68. The van der Waals surface area contributed by atoms with Gasteiger partial charge in [0, 0.05) is 12.3 Å². The summed E-state index contributed by atoms with van der Waals surface area (Å²) < 4.78 is 44.7. The van der Waals surface area contributed by atoms with Gasteiger partial charge in [0.1, 0.15) is 34.6 Å². The Bertz CT molecular complexity index is 1720. The lowest BCUT2D eigenvalue weighted by atomic mass is 10.1. The molecule has 5 aromatic rings. The molecule has 0 fully saturated rings. The number of hydrogen-bond acceptors (Lipinski definition) is 10. The van der Waals surface area contributed by atoms with Gasteiger partial charge in [-0.2, -0.15) is 0 Å². The van der Waals surface area contributed by atoms with Crippen molar-refractivity contribution in [1.82, 2.24) is 34.2 Å². The average molecular weight is 582 g/mol. The van der Waals surface area contributed by atoms with Crippen molar-refractivity contribution >= 4 is 33.8 Å². The number of aromatic nitrogens is 6. The molecule has 0 radical (unpaired) electrons. The van der Waals surface area contributed by atoms with Gasteiger partial charge in [0.05, 0.1) is 26.5 Å². The number of imidazole rings is 1. The van der Waals surface area contributed by atoms with Crippen LogP contribution in [0.15, 0.2) is 60.8 Å². The van der Waals surface area contributed by atoms with E-state index in [9.17, 15) is 8.42 Å². The van der Waals surface area contributed by atoms with Crippen molar-refractivity contribution in [1.29, 1.82) is 0 Å². The van der Waals surface area contributed by atoms with Crippen molar-refractivity contribution in [2.75, 3.05) is 20.8 Å². The summed E-state index contributed by atoms with van der Waals surface area (Å²) in [6, 6.07) is 14.7. The Balaban J connectivity index is 1.85. The molecule has 4 heterocycles. The minimum absolute atomic E-state index is 0.0493. The molecule has 5 rings (SSSR count). The number of rotatable bonds is 10. The summed E-state index contributed by atoms with van der Waals surface area (Å²) in [5.41, 5.74) is 1.89. The highest BCUT2D eigenvalue weighted by atomic mass is 35.5. The molecule has 206 valence electrons. The molecular weight excluding hydrogens is 558 g/mol. The highest BCUT2D eigenvalue weighted by molar-refractivity contribution is 7.70. The van der Waals surface area contributed by atoms with Gasteiger partial charge < -0.3 is 14.2 Å². The normalized spacial score (nSPS) is 12.0. The van der Waals surface area contributed by atoms with E-state index in [4.69, 9.17) is 35.8 Å². The Morgan fingerprint density at radius 3 is 2.35 bits per heavy atom. The molecule has 40 heavy (non-hydrogen) atoms. The van der Waals surface area contributed by atoms with Crippen molar-refractivity contribution in [3.05, 3.63) is 77.3 Å². The molecule has 14 heteroatoms. The fourth-order valence-electron chi connectivity index (χ4n) is 4.19. The number of thiol groups is 1. The number of fused-ring (bicyclic) bond motifs is 1. The first-order valence-corrected chi connectivity index (χ1v) is 13.6. The Morgan fingerprint density at radius 2 is 1.70 bits per heavy atom. The first-order valence-electron chi connectivity index (χ1n) is 12.0. The SMILES string of the molecule is CCOc1cccc(-c2nc3nc(Cl)c(C(N[SH](=O)=O)c4ccccn4)nc3n2-c2c(OC)cccc2OC)n1. The molecule has 0 aliphatic heterocycles. The minimum Gasteiger partial charge on any atom is -0.494 e. The van der Waals surface area contributed by atoms with Gasteiger partial charge in [-0.25, -0.2) is 33.1 Å². The second-order valence-corrected chi connectivity index (χ2v) is 9.33. The van der Waals surface area contributed by atoms with Gasteiger partial charge in [-0.1, -0.05) is 29.8 Å². The molecule has 1 unspecified atom stereocenters. The van der Waals surface area contributed by atoms with Gasteiger partial charge >= 0.3 is 0 Å². The molecule has 0 aliphatic rings. The van der Waals surface area contributed by atoms with Crippen molar-refractivity contribution in [3.63, 3.8) is 0 Å². The molecule has 12 nitrogen and oxygen atoms in total. The number of hydrogen-bond donors (Lipinski definition) is 2. The first-order chi connectivity index (χ1) is 19.4. The summed E-state index contributed by atoms with van der Waals surface area (Å²) in [5, 5.41) is -0.0493. The third-order valence-corrected chi connectivity index (χ3v) is 6.59. The van der Waals surface area contributed by atoms with Crippen LogP contribution in [-0.2, 0) is 10.9 Å². The van der Waals surface area contributed by atoms with E-state index in [1.54, 1.807) is 65.4 Å².